The molecule has 0 aliphatic rings. The van der Waals surface area contributed by atoms with E-state index in [2.05, 4.69) is 5.32 Å². The summed E-state index contributed by atoms with van der Waals surface area (Å²) in [4.78, 5) is 12.1. The molecule has 0 aliphatic carbocycles. The summed E-state index contributed by atoms with van der Waals surface area (Å²) in [5, 5.41) is 3.15. The van der Waals surface area contributed by atoms with Gasteiger partial charge in [0.05, 0.1) is 31.9 Å². The monoisotopic (exact) mass is 347 g/mol. The third-order valence-electron chi connectivity index (χ3n) is 3.29. The molecule has 0 fully saturated rings. The molecule has 0 aliphatic heterocycles. The minimum absolute atomic E-state index is 0.302. The van der Waals surface area contributed by atoms with Gasteiger partial charge in [0.1, 0.15) is 17.2 Å². The van der Waals surface area contributed by atoms with Crippen LogP contribution >= 0.6 is 11.6 Å². The smallest absolute Gasteiger partial charge is 0.248 e. The Kier molecular flexibility index (Phi) is 6.09. The number of rotatable bonds is 6. The van der Waals surface area contributed by atoms with Gasteiger partial charge in [0.25, 0.3) is 0 Å². The van der Waals surface area contributed by atoms with Crippen LogP contribution in [0.25, 0.3) is 6.08 Å². The molecule has 0 aromatic heterocycles. The summed E-state index contributed by atoms with van der Waals surface area (Å²) in [7, 11) is 4.65. The van der Waals surface area contributed by atoms with Gasteiger partial charge in [0.2, 0.25) is 5.91 Å². The Morgan fingerprint density at radius 2 is 1.62 bits per heavy atom. The van der Waals surface area contributed by atoms with Crippen molar-refractivity contribution in [3.8, 4) is 17.2 Å². The molecule has 2 rings (SSSR count). The number of ether oxygens (including phenoxy) is 3. The molecular formula is C18H18ClNO4. The first kappa shape index (κ1) is 17.7. The molecule has 126 valence electrons. The predicted octanol–water partition coefficient (Wildman–Crippen LogP) is 4.02. The fraction of sp³-hybridized carbons (Fsp3) is 0.167. The molecule has 2 aromatic carbocycles. The number of methoxy groups -OCH3 is 3. The Bertz CT molecular complexity index is 736. The van der Waals surface area contributed by atoms with Crippen LogP contribution in [0.1, 0.15) is 5.56 Å². The molecule has 0 saturated heterocycles. The molecule has 1 amide bonds. The highest BCUT2D eigenvalue weighted by atomic mass is 35.5. The number of nitrogens with one attached hydrogen (secondary N) is 1. The zero-order valence-electron chi connectivity index (χ0n) is 13.6. The van der Waals surface area contributed by atoms with Crippen molar-refractivity contribution in [3.05, 3.63) is 53.1 Å². The summed E-state index contributed by atoms with van der Waals surface area (Å²) < 4.78 is 15.6. The van der Waals surface area contributed by atoms with E-state index in [1.807, 2.05) is 6.07 Å². The van der Waals surface area contributed by atoms with Gasteiger partial charge in [0, 0.05) is 11.8 Å². The van der Waals surface area contributed by atoms with Crippen LogP contribution < -0.4 is 19.5 Å². The van der Waals surface area contributed by atoms with Crippen LogP contribution in [0, 0.1) is 0 Å². The Hall–Kier alpha value is -2.66. The lowest BCUT2D eigenvalue weighted by Gasteiger charge is -2.09. The van der Waals surface area contributed by atoms with E-state index in [4.69, 9.17) is 25.8 Å². The topological polar surface area (TPSA) is 56.8 Å². The van der Waals surface area contributed by atoms with E-state index >= 15 is 0 Å². The second kappa shape index (κ2) is 8.26. The second-order valence-corrected chi connectivity index (χ2v) is 5.16. The van der Waals surface area contributed by atoms with Crippen LogP contribution in [0.15, 0.2) is 42.5 Å². The molecule has 0 saturated carbocycles. The van der Waals surface area contributed by atoms with Crippen LogP contribution in [0.5, 0.6) is 17.2 Å². The van der Waals surface area contributed by atoms with E-state index in [0.717, 1.165) is 0 Å². The highest BCUT2D eigenvalue weighted by molar-refractivity contribution is 6.32. The predicted molar refractivity (Wildman–Crippen MR) is 95.2 cm³/mol. The van der Waals surface area contributed by atoms with E-state index < -0.39 is 0 Å². The van der Waals surface area contributed by atoms with E-state index in [1.165, 1.54) is 13.2 Å². The van der Waals surface area contributed by atoms with Crippen LogP contribution in [-0.2, 0) is 4.79 Å². The molecular weight excluding hydrogens is 330 g/mol. The van der Waals surface area contributed by atoms with Gasteiger partial charge in [0.15, 0.2) is 0 Å². The van der Waals surface area contributed by atoms with Gasteiger partial charge in [-0.15, -0.1) is 0 Å². The molecule has 6 heteroatoms. The van der Waals surface area contributed by atoms with Crippen molar-refractivity contribution in [3.63, 3.8) is 0 Å². The summed E-state index contributed by atoms with van der Waals surface area (Å²) in [5.41, 5.74) is 1.26. The standard InChI is InChI=1S/C18H18ClNO4/c1-22-15-5-4-6-16(23-2)13(15)8-10-18(21)20-12-7-9-17(24-3)14(19)11-12/h4-11H,1-3H3,(H,20,21)/b10-8+. The lowest BCUT2D eigenvalue weighted by atomic mass is 10.1. The third-order valence-corrected chi connectivity index (χ3v) is 3.58. The Labute approximate surface area is 145 Å². The summed E-state index contributed by atoms with van der Waals surface area (Å²) in [5.74, 6) is 1.48. The zero-order chi connectivity index (χ0) is 17.5. The van der Waals surface area contributed by atoms with Crippen molar-refractivity contribution in [1.82, 2.24) is 0 Å². The van der Waals surface area contributed by atoms with Crippen molar-refractivity contribution < 1.29 is 19.0 Å². The average Bonchev–Trinajstić information content (AvgIpc) is 2.59. The fourth-order valence-corrected chi connectivity index (χ4v) is 2.39. The number of carbonyl (C=O) groups excluding carboxylic acids is 1. The molecule has 0 radical (unpaired) electrons. The largest absolute Gasteiger partial charge is 0.496 e. The number of halogens is 1. The van der Waals surface area contributed by atoms with Crippen LogP contribution in [0.2, 0.25) is 5.02 Å². The molecule has 0 spiro atoms. The fourth-order valence-electron chi connectivity index (χ4n) is 2.13. The highest BCUT2D eigenvalue weighted by Crippen LogP contribution is 2.30. The molecule has 0 atom stereocenters. The lowest BCUT2D eigenvalue weighted by Crippen LogP contribution is -2.07. The summed E-state index contributed by atoms with van der Waals surface area (Å²) in [6.07, 6.45) is 3.04. The quantitative estimate of drug-likeness (QED) is 0.802. The van der Waals surface area contributed by atoms with Gasteiger partial charge in [-0.05, 0) is 36.4 Å². The van der Waals surface area contributed by atoms with Crippen LogP contribution in [0.4, 0.5) is 5.69 Å². The average molecular weight is 348 g/mol. The van der Waals surface area contributed by atoms with Crippen molar-refractivity contribution >= 4 is 29.3 Å². The maximum Gasteiger partial charge on any atom is 0.248 e. The number of anilines is 1. The van der Waals surface area contributed by atoms with Gasteiger partial charge >= 0.3 is 0 Å². The highest BCUT2D eigenvalue weighted by Gasteiger charge is 2.08. The molecule has 0 unspecified atom stereocenters. The number of amides is 1. The van der Waals surface area contributed by atoms with E-state index in [0.29, 0.717) is 33.5 Å². The maximum atomic E-state index is 12.1. The Morgan fingerprint density at radius 3 is 2.17 bits per heavy atom. The molecule has 24 heavy (non-hydrogen) atoms. The van der Waals surface area contributed by atoms with E-state index in [9.17, 15) is 4.79 Å². The first-order chi connectivity index (χ1) is 11.6. The molecule has 5 nitrogen and oxygen atoms in total. The number of hydrogen-bond donors (Lipinski definition) is 1. The minimum Gasteiger partial charge on any atom is -0.496 e. The van der Waals surface area contributed by atoms with Crippen LogP contribution in [0.3, 0.4) is 0 Å². The number of benzene rings is 2. The minimum atomic E-state index is -0.302. The zero-order valence-corrected chi connectivity index (χ0v) is 14.4. The number of hydrogen-bond acceptors (Lipinski definition) is 4. The van der Waals surface area contributed by atoms with Gasteiger partial charge in [-0.2, -0.15) is 0 Å². The van der Waals surface area contributed by atoms with Gasteiger partial charge in [-0.1, -0.05) is 17.7 Å². The lowest BCUT2D eigenvalue weighted by molar-refractivity contribution is -0.111. The molecule has 0 bridgehead atoms. The first-order valence-electron chi connectivity index (χ1n) is 7.12. The van der Waals surface area contributed by atoms with Crippen molar-refractivity contribution in [1.29, 1.82) is 0 Å². The Morgan fingerprint density at radius 1 is 1.00 bits per heavy atom. The first-order valence-corrected chi connectivity index (χ1v) is 7.50. The van der Waals surface area contributed by atoms with Gasteiger partial charge in [-0.25, -0.2) is 0 Å². The maximum absolute atomic E-state index is 12.1. The molecule has 0 heterocycles. The van der Waals surface area contributed by atoms with Gasteiger partial charge in [-0.3, -0.25) is 4.79 Å². The van der Waals surface area contributed by atoms with E-state index in [-0.39, 0.29) is 5.91 Å². The molecule has 1 N–H and O–H groups in total. The van der Waals surface area contributed by atoms with Gasteiger partial charge < -0.3 is 19.5 Å². The van der Waals surface area contributed by atoms with Crippen molar-refractivity contribution in [2.75, 3.05) is 26.6 Å². The summed E-state index contributed by atoms with van der Waals surface area (Å²) in [6, 6.07) is 10.4. The summed E-state index contributed by atoms with van der Waals surface area (Å²) in [6.45, 7) is 0. The third kappa shape index (κ3) is 4.20. The van der Waals surface area contributed by atoms with Crippen LogP contribution in [-0.4, -0.2) is 27.2 Å². The SMILES string of the molecule is COc1ccc(NC(=O)/C=C/c2c(OC)cccc2OC)cc1Cl. The number of carbonyl (C=O) groups is 1. The van der Waals surface area contributed by atoms with Crippen molar-refractivity contribution in [2.24, 2.45) is 0 Å². The second-order valence-electron chi connectivity index (χ2n) is 4.75. The normalized spacial score (nSPS) is 10.5. The van der Waals surface area contributed by atoms with Crippen molar-refractivity contribution in [2.45, 2.75) is 0 Å². The summed E-state index contributed by atoms with van der Waals surface area (Å²) >= 11 is 6.04. The Balaban J connectivity index is 2.15. The van der Waals surface area contributed by atoms with E-state index in [1.54, 1.807) is 50.6 Å². The molecule has 2 aromatic rings.